The minimum absolute atomic E-state index is 0.0222. The van der Waals surface area contributed by atoms with Crippen molar-refractivity contribution in [3.05, 3.63) is 27.7 Å². The zero-order valence-corrected chi connectivity index (χ0v) is 13.0. The number of aromatic nitrogens is 1. The van der Waals surface area contributed by atoms with Crippen molar-refractivity contribution in [2.75, 3.05) is 13.7 Å². The monoisotopic (exact) mass is 357 g/mol. The Balaban J connectivity index is 2.08. The average molecular weight is 358 g/mol. The largest absolute Gasteiger partial charge is 0.468 e. The maximum Gasteiger partial charge on any atom is 0.324 e. The lowest BCUT2D eigenvalue weighted by Gasteiger charge is -2.09. The quantitative estimate of drug-likeness (QED) is 0.804. The molecule has 0 aromatic carbocycles. The molecule has 0 saturated carbocycles. The lowest BCUT2D eigenvalue weighted by Crippen LogP contribution is -2.42. The number of hydrogen-bond donors (Lipinski definition) is 2. The fourth-order valence-corrected chi connectivity index (χ4v) is 3.04. The molecular weight excluding hydrogens is 346 g/mol. The van der Waals surface area contributed by atoms with Gasteiger partial charge in [0.15, 0.2) is 0 Å². The molecule has 6 nitrogen and oxygen atoms in total. The van der Waals surface area contributed by atoms with Crippen LogP contribution >= 0.6 is 27.3 Å². The van der Waals surface area contributed by atoms with Gasteiger partial charge in [0.2, 0.25) is 0 Å². The van der Waals surface area contributed by atoms with Crippen LogP contribution in [0.5, 0.6) is 0 Å². The molecule has 8 heteroatoms. The predicted molar refractivity (Wildman–Crippen MR) is 79.6 cm³/mol. The first kappa shape index (κ1) is 14.9. The first-order valence-corrected chi connectivity index (χ1v) is 7.29. The Labute approximate surface area is 127 Å². The van der Waals surface area contributed by atoms with Crippen LogP contribution in [-0.4, -0.2) is 36.6 Å². The highest BCUT2D eigenvalue weighted by molar-refractivity contribution is 9.10. The van der Waals surface area contributed by atoms with Gasteiger partial charge in [0.1, 0.15) is 6.04 Å². The number of nitrogens with zero attached hydrogens (tertiary/aromatic N) is 1. The minimum Gasteiger partial charge on any atom is -0.468 e. The van der Waals surface area contributed by atoms with Crippen LogP contribution in [0.4, 0.5) is 0 Å². The van der Waals surface area contributed by atoms with Crippen LogP contribution in [0.1, 0.15) is 9.67 Å². The van der Waals surface area contributed by atoms with Gasteiger partial charge in [-0.3, -0.25) is 14.6 Å². The Morgan fingerprint density at radius 2 is 2.35 bits per heavy atom. The number of fused-ring (bicyclic) bond motifs is 1. The molecule has 3 N–H and O–H groups in total. The lowest BCUT2D eigenvalue weighted by atomic mass is 10.3. The molecule has 2 aromatic rings. The molecule has 0 bridgehead atoms. The van der Waals surface area contributed by atoms with Gasteiger partial charge in [-0.1, -0.05) is 0 Å². The first-order valence-electron chi connectivity index (χ1n) is 5.68. The Bertz CT molecular complexity index is 658. The van der Waals surface area contributed by atoms with E-state index in [1.165, 1.54) is 18.4 Å². The van der Waals surface area contributed by atoms with E-state index in [0.717, 1.165) is 14.7 Å². The Hall–Kier alpha value is -1.51. The van der Waals surface area contributed by atoms with E-state index >= 15 is 0 Å². The summed E-state index contributed by atoms with van der Waals surface area (Å²) < 4.78 is 6.27. The van der Waals surface area contributed by atoms with Crippen molar-refractivity contribution in [2.45, 2.75) is 6.04 Å². The highest BCUT2D eigenvalue weighted by Gasteiger charge is 2.17. The van der Waals surface area contributed by atoms with Gasteiger partial charge in [0.05, 0.1) is 22.2 Å². The van der Waals surface area contributed by atoms with Crippen molar-refractivity contribution in [2.24, 2.45) is 5.73 Å². The number of nitrogens with one attached hydrogen (secondary N) is 1. The molecule has 2 heterocycles. The molecule has 1 atom stereocenters. The molecule has 1 amide bonds. The number of carbonyl (C=O) groups excluding carboxylic acids is 2. The van der Waals surface area contributed by atoms with Gasteiger partial charge < -0.3 is 15.8 Å². The molecule has 106 valence electrons. The van der Waals surface area contributed by atoms with E-state index < -0.39 is 12.0 Å². The summed E-state index contributed by atoms with van der Waals surface area (Å²) in [6.07, 6.45) is 1.66. The molecule has 0 spiro atoms. The van der Waals surface area contributed by atoms with Crippen LogP contribution in [0.3, 0.4) is 0 Å². The van der Waals surface area contributed by atoms with Crippen LogP contribution in [0, 0.1) is 0 Å². The SMILES string of the molecule is COC(=O)[C@H](N)CNC(=O)c1cc2nccc(Br)c2s1. The molecule has 0 saturated heterocycles. The van der Waals surface area contributed by atoms with Gasteiger partial charge >= 0.3 is 5.97 Å². The molecule has 0 radical (unpaired) electrons. The number of halogens is 1. The molecule has 2 aromatic heterocycles. The Kier molecular flexibility index (Phi) is 4.69. The highest BCUT2D eigenvalue weighted by Crippen LogP contribution is 2.30. The van der Waals surface area contributed by atoms with Gasteiger partial charge in [0, 0.05) is 17.2 Å². The summed E-state index contributed by atoms with van der Waals surface area (Å²) in [7, 11) is 1.25. The van der Waals surface area contributed by atoms with E-state index in [9.17, 15) is 9.59 Å². The van der Waals surface area contributed by atoms with Crippen LogP contribution in [0.2, 0.25) is 0 Å². The number of hydrogen-bond acceptors (Lipinski definition) is 6. The van der Waals surface area contributed by atoms with Crippen LogP contribution in [0.25, 0.3) is 10.2 Å². The van der Waals surface area contributed by atoms with E-state index in [1.54, 1.807) is 12.3 Å². The maximum atomic E-state index is 12.0. The van der Waals surface area contributed by atoms with Crippen molar-refractivity contribution in [1.82, 2.24) is 10.3 Å². The fraction of sp³-hybridized carbons (Fsp3) is 0.250. The summed E-state index contributed by atoms with van der Waals surface area (Å²) in [4.78, 5) is 27.8. The molecule has 2 rings (SSSR count). The molecule has 0 unspecified atom stereocenters. The molecule has 0 fully saturated rings. The van der Waals surface area contributed by atoms with E-state index in [1.807, 2.05) is 6.07 Å². The third-order valence-corrected chi connectivity index (χ3v) is 4.65. The van der Waals surface area contributed by atoms with Gasteiger partial charge in [-0.15, -0.1) is 11.3 Å². The number of thiophene rings is 1. The van der Waals surface area contributed by atoms with Crippen LogP contribution < -0.4 is 11.1 Å². The second-order valence-corrected chi connectivity index (χ2v) is 5.86. The Morgan fingerprint density at radius 3 is 3.00 bits per heavy atom. The third-order valence-electron chi connectivity index (χ3n) is 2.57. The van der Waals surface area contributed by atoms with Gasteiger partial charge in [0.25, 0.3) is 5.91 Å². The second kappa shape index (κ2) is 6.29. The number of rotatable bonds is 4. The number of esters is 1. The fourth-order valence-electron chi connectivity index (χ4n) is 1.54. The summed E-state index contributed by atoms with van der Waals surface area (Å²) in [6, 6.07) is 2.64. The van der Waals surface area contributed by atoms with Crippen LogP contribution in [0.15, 0.2) is 22.8 Å². The minimum atomic E-state index is -0.872. The predicted octanol–water partition coefficient (Wildman–Crippen LogP) is 1.29. The van der Waals surface area contributed by atoms with Crippen molar-refractivity contribution in [1.29, 1.82) is 0 Å². The smallest absolute Gasteiger partial charge is 0.324 e. The summed E-state index contributed by atoms with van der Waals surface area (Å²) >= 11 is 4.73. The third kappa shape index (κ3) is 3.14. The lowest BCUT2D eigenvalue weighted by molar-refractivity contribution is -0.141. The van der Waals surface area contributed by atoms with Crippen molar-refractivity contribution < 1.29 is 14.3 Å². The number of nitrogens with two attached hydrogens (primary N) is 1. The second-order valence-electron chi connectivity index (χ2n) is 3.96. The first-order chi connectivity index (χ1) is 9.52. The molecule has 0 aliphatic rings. The van der Waals surface area contributed by atoms with Crippen LogP contribution in [-0.2, 0) is 9.53 Å². The number of pyridine rings is 1. The van der Waals surface area contributed by atoms with Crippen molar-refractivity contribution in [3.8, 4) is 0 Å². The zero-order valence-electron chi connectivity index (χ0n) is 10.6. The van der Waals surface area contributed by atoms with E-state index in [0.29, 0.717) is 4.88 Å². The average Bonchev–Trinajstić information content (AvgIpc) is 2.89. The number of methoxy groups -OCH3 is 1. The van der Waals surface area contributed by atoms with Gasteiger partial charge in [-0.2, -0.15) is 0 Å². The Morgan fingerprint density at radius 1 is 1.60 bits per heavy atom. The van der Waals surface area contributed by atoms with E-state index in [2.05, 4.69) is 31.0 Å². The van der Waals surface area contributed by atoms with E-state index in [4.69, 9.17) is 5.73 Å². The number of ether oxygens (including phenoxy) is 1. The van der Waals surface area contributed by atoms with Crippen molar-refractivity contribution in [3.63, 3.8) is 0 Å². The summed E-state index contributed by atoms with van der Waals surface area (Å²) in [6.45, 7) is 0.0222. The molecular formula is C12H12BrN3O3S. The summed E-state index contributed by atoms with van der Waals surface area (Å²) in [5, 5.41) is 2.60. The topological polar surface area (TPSA) is 94.3 Å². The number of carbonyl (C=O) groups is 2. The zero-order chi connectivity index (χ0) is 14.7. The standard InChI is InChI=1S/C12H12BrN3O3S/c1-19-12(18)7(14)5-16-11(17)9-4-8-10(20-9)6(13)2-3-15-8/h2-4,7H,5,14H2,1H3,(H,16,17)/t7-/m1/s1. The molecule has 0 aliphatic carbocycles. The molecule has 20 heavy (non-hydrogen) atoms. The summed E-state index contributed by atoms with van der Waals surface area (Å²) in [5.74, 6) is -0.856. The van der Waals surface area contributed by atoms with Gasteiger partial charge in [-0.25, -0.2) is 0 Å². The number of amides is 1. The summed E-state index contributed by atoms with van der Waals surface area (Å²) in [5.41, 5.74) is 6.29. The molecule has 0 aliphatic heterocycles. The van der Waals surface area contributed by atoms with Crippen molar-refractivity contribution >= 4 is 49.4 Å². The normalized spacial score (nSPS) is 12.2. The highest BCUT2D eigenvalue weighted by atomic mass is 79.9. The van der Waals surface area contributed by atoms with E-state index in [-0.39, 0.29) is 12.5 Å². The maximum absolute atomic E-state index is 12.0. The van der Waals surface area contributed by atoms with Gasteiger partial charge in [-0.05, 0) is 28.1 Å².